The fourth-order valence-corrected chi connectivity index (χ4v) is 2.30. The molecule has 0 aliphatic rings. The molecule has 0 aromatic carbocycles. The largest absolute Gasteiger partial charge is 0.335 e. The standard InChI is InChI=1S/C13H22N2OS/c1-5-11(12-7-6-8-17-12)15-13(16)14-10(4)9(2)3/h6-11H,5H2,1-4H3,(H2,14,15,16). The summed E-state index contributed by atoms with van der Waals surface area (Å²) >= 11 is 1.68. The van der Waals surface area contributed by atoms with E-state index >= 15 is 0 Å². The third-order valence-corrected chi connectivity index (χ3v) is 3.94. The molecule has 0 saturated heterocycles. The Kier molecular flexibility index (Phi) is 5.48. The van der Waals surface area contributed by atoms with E-state index in [2.05, 4.69) is 37.5 Å². The number of amides is 2. The van der Waals surface area contributed by atoms with Gasteiger partial charge in [0.05, 0.1) is 6.04 Å². The SMILES string of the molecule is CCC(NC(=O)NC(C)C(C)C)c1cccs1. The number of hydrogen-bond acceptors (Lipinski definition) is 2. The maximum absolute atomic E-state index is 11.8. The van der Waals surface area contributed by atoms with Gasteiger partial charge in [0.1, 0.15) is 0 Å². The van der Waals surface area contributed by atoms with Crippen molar-refractivity contribution in [3.8, 4) is 0 Å². The van der Waals surface area contributed by atoms with Gasteiger partial charge in [0.25, 0.3) is 0 Å². The monoisotopic (exact) mass is 254 g/mol. The summed E-state index contributed by atoms with van der Waals surface area (Å²) in [5.41, 5.74) is 0. The zero-order valence-electron chi connectivity index (χ0n) is 11.0. The summed E-state index contributed by atoms with van der Waals surface area (Å²) < 4.78 is 0. The Balaban J connectivity index is 2.49. The second kappa shape index (κ2) is 6.64. The summed E-state index contributed by atoms with van der Waals surface area (Å²) in [6.07, 6.45) is 0.907. The fraction of sp³-hybridized carbons (Fsp3) is 0.615. The van der Waals surface area contributed by atoms with Crippen LogP contribution in [0.1, 0.15) is 45.0 Å². The number of nitrogens with one attached hydrogen (secondary N) is 2. The lowest BCUT2D eigenvalue weighted by molar-refractivity contribution is 0.230. The minimum atomic E-state index is -0.0774. The van der Waals surface area contributed by atoms with Crippen molar-refractivity contribution in [2.45, 2.75) is 46.2 Å². The van der Waals surface area contributed by atoms with Crippen molar-refractivity contribution >= 4 is 17.4 Å². The Morgan fingerprint density at radius 1 is 1.35 bits per heavy atom. The average Bonchev–Trinajstić information content (AvgIpc) is 2.78. The van der Waals surface area contributed by atoms with Crippen LogP contribution in [0.25, 0.3) is 0 Å². The topological polar surface area (TPSA) is 41.1 Å². The molecule has 2 atom stereocenters. The number of urea groups is 1. The molecule has 96 valence electrons. The van der Waals surface area contributed by atoms with Crippen LogP contribution in [0.2, 0.25) is 0 Å². The lowest BCUT2D eigenvalue weighted by Gasteiger charge is -2.21. The molecular weight excluding hydrogens is 232 g/mol. The van der Waals surface area contributed by atoms with E-state index in [1.165, 1.54) is 4.88 Å². The second-order valence-electron chi connectivity index (χ2n) is 4.63. The van der Waals surface area contributed by atoms with Gasteiger partial charge in [-0.05, 0) is 30.7 Å². The van der Waals surface area contributed by atoms with Gasteiger partial charge in [0.2, 0.25) is 0 Å². The number of carbonyl (C=O) groups is 1. The van der Waals surface area contributed by atoms with Gasteiger partial charge in [-0.25, -0.2) is 4.79 Å². The van der Waals surface area contributed by atoms with Crippen molar-refractivity contribution in [3.05, 3.63) is 22.4 Å². The summed E-state index contributed by atoms with van der Waals surface area (Å²) in [6, 6.07) is 4.31. The van der Waals surface area contributed by atoms with Gasteiger partial charge in [0, 0.05) is 10.9 Å². The second-order valence-corrected chi connectivity index (χ2v) is 5.61. The van der Waals surface area contributed by atoms with Crippen LogP contribution in [0.4, 0.5) is 4.79 Å². The van der Waals surface area contributed by atoms with E-state index in [0.717, 1.165) is 6.42 Å². The van der Waals surface area contributed by atoms with Crippen LogP contribution < -0.4 is 10.6 Å². The molecule has 17 heavy (non-hydrogen) atoms. The highest BCUT2D eigenvalue weighted by molar-refractivity contribution is 7.10. The minimum Gasteiger partial charge on any atom is -0.335 e. The molecule has 1 heterocycles. The van der Waals surface area contributed by atoms with Crippen molar-refractivity contribution < 1.29 is 4.79 Å². The molecule has 0 aliphatic heterocycles. The van der Waals surface area contributed by atoms with Crippen LogP contribution in [0.5, 0.6) is 0 Å². The summed E-state index contributed by atoms with van der Waals surface area (Å²) in [4.78, 5) is 13.0. The van der Waals surface area contributed by atoms with E-state index in [9.17, 15) is 4.79 Å². The normalized spacial score (nSPS) is 14.4. The van der Waals surface area contributed by atoms with Gasteiger partial charge in [-0.2, -0.15) is 0 Å². The highest BCUT2D eigenvalue weighted by Gasteiger charge is 2.15. The highest BCUT2D eigenvalue weighted by atomic mass is 32.1. The summed E-state index contributed by atoms with van der Waals surface area (Å²) in [5.74, 6) is 0.447. The molecule has 0 aliphatic carbocycles. The van der Waals surface area contributed by atoms with Gasteiger partial charge in [-0.15, -0.1) is 11.3 Å². The molecule has 2 amide bonds. The first kappa shape index (κ1) is 14.0. The molecule has 4 heteroatoms. The van der Waals surface area contributed by atoms with Gasteiger partial charge >= 0.3 is 6.03 Å². The lowest BCUT2D eigenvalue weighted by Crippen LogP contribution is -2.44. The van der Waals surface area contributed by atoms with Crippen molar-refractivity contribution in [2.24, 2.45) is 5.92 Å². The number of hydrogen-bond donors (Lipinski definition) is 2. The molecular formula is C13H22N2OS. The first-order chi connectivity index (χ1) is 8.04. The minimum absolute atomic E-state index is 0.0774. The average molecular weight is 254 g/mol. The van der Waals surface area contributed by atoms with E-state index < -0.39 is 0 Å². The quantitative estimate of drug-likeness (QED) is 0.829. The van der Waals surface area contributed by atoms with Crippen LogP contribution >= 0.6 is 11.3 Å². The molecule has 2 N–H and O–H groups in total. The van der Waals surface area contributed by atoms with Crippen molar-refractivity contribution in [3.63, 3.8) is 0 Å². The van der Waals surface area contributed by atoms with E-state index in [-0.39, 0.29) is 18.1 Å². The van der Waals surface area contributed by atoms with Gasteiger partial charge in [0.15, 0.2) is 0 Å². The highest BCUT2D eigenvalue weighted by Crippen LogP contribution is 2.21. The smallest absolute Gasteiger partial charge is 0.315 e. The summed E-state index contributed by atoms with van der Waals surface area (Å²) in [7, 11) is 0. The van der Waals surface area contributed by atoms with Gasteiger partial charge in [-0.3, -0.25) is 0 Å². The third kappa shape index (κ3) is 4.38. The maximum Gasteiger partial charge on any atom is 0.315 e. The molecule has 0 spiro atoms. The molecule has 0 radical (unpaired) electrons. The predicted molar refractivity (Wildman–Crippen MR) is 73.3 cm³/mol. The maximum atomic E-state index is 11.8. The molecule has 2 unspecified atom stereocenters. The lowest BCUT2D eigenvalue weighted by atomic mass is 10.1. The zero-order valence-corrected chi connectivity index (χ0v) is 11.8. The first-order valence-electron chi connectivity index (χ1n) is 6.15. The van der Waals surface area contributed by atoms with Gasteiger partial charge in [-0.1, -0.05) is 26.8 Å². The van der Waals surface area contributed by atoms with Crippen LogP contribution in [-0.2, 0) is 0 Å². The molecule has 1 rings (SSSR count). The number of carbonyl (C=O) groups excluding carboxylic acids is 1. The zero-order chi connectivity index (χ0) is 12.8. The Hall–Kier alpha value is -1.03. The predicted octanol–water partition coefficient (Wildman–Crippen LogP) is 3.54. The third-order valence-electron chi connectivity index (χ3n) is 2.96. The fourth-order valence-electron chi connectivity index (χ4n) is 1.44. The Morgan fingerprint density at radius 2 is 2.06 bits per heavy atom. The number of thiophene rings is 1. The van der Waals surface area contributed by atoms with Crippen molar-refractivity contribution in [1.82, 2.24) is 10.6 Å². The summed E-state index contributed by atoms with van der Waals surface area (Å²) in [5, 5.41) is 8.01. The van der Waals surface area contributed by atoms with E-state index in [0.29, 0.717) is 5.92 Å². The molecule has 1 aromatic rings. The molecule has 1 aromatic heterocycles. The molecule has 0 fully saturated rings. The molecule has 0 saturated carbocycles. The Bertz CT molecular complexity index is 335. The van der Waals surface area contributed by atoms with Crippen LogP contribution in [0.3, 0.4) is 0 Å². The Morgan fingerprint density at radius 3 is 2.53 bits per heavy atom. The van der Waals surface area contributed by atoms with Crippen LogP contribution in [-0.4, -0.2) is 12.1 Å². The van der Waals surface area contributed by atoms with Crippen molar-refractivity contribution in [1.29, 1.82) is 0 Å². The van der Waals surface area contributed by atoms with Crippen molar-refractivity contribution in [2.75, 3.05) is 0 Å². The van der Waals surface area contributed by atoms with E-state index in [4.69, 9.17) is 0 Å². The van der Waals surface area contributed by atoms with Crippen LogP contribution in [0, 0.1) is 5.92 Å². The van der Waals surface area contributed by atoms with E-state index in [1.54, 1.807) is 11.3 Å². The first-order valence-corrected chi connectivity index (χ1v) is 7.03. The number of rotatable bonds is 5. The Labute approximate surface area is 108 Å². The van der Waals surface area contributed by atoms with E-state index in [1.807, 2.05) is 18.4 Å². The van der Waals surface area contributed by atoms with Gasteiger partial charge < -0.3 is 10.6 Å². The summed E-state index contributed by atoms with van der Waals surface area (Å²) in [6.45, 7) is 8.30. The molecule has 3 nitrogen and oxygen atoms in total. The molecule has 0 bridgehead atoms. The van der Waals surface area contributed by atoms with Crippen LogP contribution in [0.15, 0.2) is 17.5 Å².